The van der Waals surface area contributed by atoms with Crippen LogP contribution in [0.4, 0.5) is 4.79 Å². The number of fused-ring (bicyclic) bond motifs is 1. The predicted octanol–water partition coefficient (Wildman–Crippen LogP) is 5.15. The van der Waals surface area contributed by atoms with Gasteiger partial charge in [0.25, 0.3) is 0 Å². The Balaban J connectivity index is 1.57. The molecular weight excluding hydrogens is 383 g/mol. The highest BCUT2D eigenvalue weighted by Gasteiger charge is 2.40. The molecule has 0 bridgehead atoms. The maximum absolute atomic E-state index is 13.3. The summed E-state index contributed by atoms with van der Waals surface area (Å²) in [6.07, 6.45) is -0.409. The molecule has 6 nitrogen and oxygen atoms in total. The number of ether oxygens (including phenoxy) is 1. The number of carbonyl (C=O) groups excluding carboxylic acids is 1. The van der Waals surface area contributed by atoms with E-state index in [4.69, 9.17) is 9.26 Å². The summed E-state index contributed by atoms with van der Waals surface area (Å²) < 4.78 is 26.1. The molecule has 0 radical (unpaired) electrons. The second-order valence-corrected chi connectivity index (χ2v) is 9.50. The number of thiazole rings is 1. The smallest absolute Gasteiger partial charge is 0.417 e. The molecule has 1 aliphatic heterocycles. The molecule has 2 aromatic carbocycles. The van der Waals surface area contributed by atoms with Gasteiger partial charge in [-0.05, 0) is 24.6 Å². The standard InChI is InChI=1S/C19H19N2O4PS/c1-2-25-26(23,21-11-12-24-19(21)22)13-14-7-9-15(10-8-14)18-20-16-5-3-4-6-17(16)27-18/h3-10H,2,11-13H2,1H3. The minimum atomic E-state index is -3.31. The van der Waals surface area contributed by atoms with Crippen molar-refractivity contribution in [2.75, 3.05) is 19.8 Å². The summed E-state index contributed by atoms with van der Waals surface area (Å²) in [7, 11) is -3.31. The van der Waals surface area contributed by atoms with Crippen LogP contribution in [0, 0.1) is 0 Å². The van der Waals surface area contributed by atoms with Crippen LogP contribution in [0.3, 0.4) is 0 Å². The second-order valence-electron chi connectivity index (χ2n) is 6.13. The highest BCUT2D eigenvalue weighted by Crippen LogP contribution is 2.55. The van der Waals surface area contributed by atoms with Gasteiger partial charge >= 0.3 is 13.6 Å². The number of hydrogen-bond donors (Lipinski definition) is 0. The Kier molecular flexibility index (Phi) is 5.00. The molecule has 1 aromatic heterocycles. The van der Waals surface area contributed by atoms with Crippen molar-refractivity contribution < 1.29 is 18.6 Å². The summed E-state index contributed by atoms with van der Waals surface area (Å²) in [5.41, 5.74) is 2.83. The van der Waals surface area contributed by atoms with Crippen molar-refractivity contribution in [2.45, 2.75) is 13.1 Å². The lowest BCUT2D eigenvalue weighted by atomic mass is 10.2. The molecular formula is C19H19N2O4PS. The SMILES string of the molecule is CCOP(=O)(Cc1ccc(-c2nc3ccccc3s2)cc1)N1CCOC1=O. The topological polar surface area (TPSA) is 68.7 Å². The van der Waals surface area contributed by atoms with Gasteiger partial charge in [-0.2, -0.15) is 0 Å². The third-order valence-corrected chi connectivity index (χ3v) is 7.93. The molecule has 3 aromatic rings. The van der Waals surface area contributed by atoms with E-state index in [9.17, 15) is 9.36 Å². The molecule has 0 aliphatic carbocycles. The molecule has 1 aliphatic rings. The van der Waals surface area contributed by atoms with Crippen LogP contribution in [0.25, 0.3) is 20.8 Å². The molecule has 1 amide bonds. The summed E-state index contributed by atoms with van der Waals surface area (Å²) in [5, 5.41) is 0.943. The van der Waals surface area contributed by atoms with Crippen LogP contribution in [0.15, 0.2) is 48.5 Å². The van der Waals surface area contributed by atoms with E-state index in [-0.39, 0.29) is 19.4 Å². The van der Waals surface area contributed by atoms with Gasteiger partial charge < -0.3 is 9.26 Å². The Bertz CT molecular complexity index is 985. The fourth-order valence-electron chi connectivity index (χ4n) is 3.04. The van der Waals surface area contributed by atoms with Crippen molar-refractivity contribution in [3.8, 4) is 10.6 Å². The minimum absolute atomic E-state index is 0.163. The monoisotopic (exact) mass is 402 g/mol. The lowest BCUT2D eigenvalue weighted by Crippen LogP contribution is -2.23. The molecule has 8 heteroatoms. The number of benzene rings is 2. The number of carbonyl (C=O) groups is 1. The van der Waals surface area contributed by atoms with Crippen LogP contribution in [0.2, 0.25) is 0 Å². The molecule has 0 saturated carbocycles. The zero-order chi connectivity index (χ0) is 18.9. The Morgan fingerprint density at radius 3 is 2.67 bits per heavy atom. The summed E-state index contributed by atoms with van der Waals surface area (Å²) in [4.78, 5) is 16.5. The first-order valence-electron chi connectivity index (χ1n) is 8.72. The van der Waals surface area contributed by atoms with Crippen LogP contribution in [0.1, 0.15) is 12.5 Å². The highest BCUT2D eigenvalue weighted by molar-refractivity contribution is 7.56. The van der Waals surface area contributed by atoms with Crippen molar-refractivity contribution in [3.05, 3.63) is 54.1 Å². The van der Waals surface area contributed by atoms with Crippen LogP contribution < -0.4 is 0 Å². The Labute approximate surface area is 161 Å². The molecule has 27 heavy (non-hydrogen) atoms. The number of nitrogens with zero attached hydrogens (tertiary/aromatic N) is 2. The molecule has 0 N–H and O–H groups in total. The quantitative estimate of drug-likeness (QED) is 0.534. The third kappa shape index (κ3) is 3.63. The molecule has 2 heterocycles. The summed E-state index contributed by atoms with van der Waals surface area (Å²) in [6, 6.07) is 15.8. The van der Waals surface area contributed by atoms with E-state index in [0.717, 1.165) is 26.4 Å². The van der Waals surface area contributed by atoms with Gasteiger partial charge in [-0.15, -0.1) is 11.3 Å². The Morgan fingerprint density at radius 1 is 1.22 bits per heavy atom. The Morgan fingerprint density at radius 2 is 2.00 bits per heavy atom. The van der Waals surface area contributed by atoms with E-state index in [1.165, 1.54) is 4.67 Å². The molecule has 4 rings (SSSR count). The first-order valence-corrected chi connectivity index (χ1v) is 11.3. The largest absolute Gasteiger partial charge is 0.447 e. The average Bonchev–Trinajstić information content (AvgIpc) is 3.29. The van der Waals surface area contributed by atoms with E-state index < -0.39 is 13.6 Å². The van der Waals surface area contributed by atoms with Crippen molar-refractivity contribution in [1.29, 1.82) is 0 Å². The van der Waals surface area contributed by atoms with Gasteiger partial charge in [0.15, 0.2) is 0 Å². The lowest BCUT2D eigenvalue weighted by molar-refractivity contribution is 0.166. The number of amides is 1. The van der Waals surface area contributed by atoms with E-state index in [2.05, 4.69) is 11.1 Å². The Hall–Kier alpha value is -2.21. The van der Waals surface area contributed by atoms with Crippen LogP contribution in [-0.4, -0.2) is 35.5 Å². The zero-order valence-electron chi connectivity index (χ0n) is 14.8. The van der Waals surface area contributed by atoms with E-state index in [1.54, 1.807) is 18.3 Å². The molecule has 140 valence electrons. The molecule has 1 atom stereocenters. The van der Waals surface area contributed by atoms with Gasteiger partial charge in [0, 0.05) is 5.56 Å². The van der Waals surface area contributed by atoms with E-state index in [1.807, 2.05) is 42.5 Å². The molecule has 0 spiro atoms. The third-order valence-electron chi connectivity index (χ3n) is 4.32. The first kappa shape index (κ1) is 18.2. The number of para-hydroxylation sites is 1. The number of hydrogen-bond acceptors (Lipinski definition) is 6. The number of cyclic esters (lactones) is 1. The van der Waals surface area contributed by atoms with Gasteiger partial charge in [-0.1, -0.05) is 36.4 Å². The summed E-state index contributed by atoms with van der Waals surface area (Å²) in [5.74, 6) is 0. The van der Waals surface area contributed by atoms with Crippen molar-refractivity contribution in [1.82, 2.24) is 9.65 Å². The van der Waals surface area contributed by atoms with E-state index >= 15 is 0 Å². The first-order chi connectivity index (χ1) is 13.1. The van der Waals surface area contributed by atoms with Gasteiger partial charge in [-0.25, -0.2) is 14.4 Å². The molecule has 1 saturated heterocycles. The molecule has 1 fully saturated rings. The lowest BCUT2D eigenvalue weighted by Gasteiger charge is -2.25. The summed E-state index contributed by atoms with van der Waals surface area (Å²) >= 11 is 1.64. The van der Waals surface area contributed by atoms with Crippen LogP contribution >= 0.6 is 18.9 Å². The fourth-order valence-corrected chi connectivity index (χ4v) is 6.18. The summed E-state index contributed by atoms with van der Waals surface area (Å²) in [6.45, 7) is 2.57. The predicted molar refractivity (Wildman–Crippen MR) is 106 cm³/mol. The fraction of sp³-hybridized carbons (Fsp3) is 0.263. The van der Waals surface area contributed by atoms with Gasteiger partial charge in [0.1, 0.15) is 11.6 Å². The zero-order valence-corrected chi connectivity index (χ0v) is 16.5. The maximum Gasteiger partial charge on any atom is 0.417 e. The minimum Gasteiger partial charge on any atom is -0.447 e. The highest BCUT2D eigenvalue weighted by atomic mass is 32.1. The number of rotatable bonds is 6. The second kappa shape index (κ2) is 7.43. The van der Waals surface area contributed by atoms with Crippen molar-refractivity contribution >= 4 is 35.2 Å². The van der Waals surface area contributed by atoms with E-state index in [0.29, 0.717) is 6.54 Å². The van der Waals surface area contributed by atoms with Crippen molar-refractivity contribution in [2.24, 2.45) is 0 Å². The normalized spacial score (nSPS) is 16.5. The van der Waals surface area contributed by atoms with Gasteiger partial charge in [0.05, 0.1) is 29.5 Å². The van der Waals surface area contributed by atoms with Crippen molar-refractivity contribution in [3.63, 3.8) is 0 Å². The maximum atomic E-state index is 13.3. The van der Waals surface area contributed by atoms with Gasteiger partial charge in [-0.3, -0.25) is 4.57 Å². The number of aromatic nitrogens is 1. The van der Waals surface area contributed by atoms with Crippen LogP contribution in [-0.2, 0) is 20.0 Å². The van der Waals surface area contributed by atoms with Gasteiger partial charge in [0.2, 0.25) is 0 Å². The van der Waals surface area contributed by atoms with Crippen LogP contribution in [0.5, 0.6) is 0 Å². The average molecular weight is 402 g/mol. The molecule has 1 unspecified atom stereocenters.